The predicted octanol–water partition coefficient (Wildman–Crippen LogP) is 1.98. The van der Waals surface area contributed by atoms with Gasteiger partial charge in [-0.15, -0.1) is 0 Å². The van der Waals surface area contributed by atoms with Crippen molar-refractivity contribution in [2.45, 2.75) is 6.92 Å². The van der Waals surface area contributed by atoms with E-state index in [1.165, 1.54) is 0 Å². The zero-order chi connectivity index (χ0) is 17.2. The lowest BCUT2D eigenvalue weighted by Crippen LogP contribution is -2.33. The summed E-state index contributed by atoms with van der Waals surface area (Å²) < 4.78 is 5.44. The standard InChI is InChI=1S/C16H18N6O2/c1-2-24-14-5-4-12(11-17)10-13(14)22-16(23)21-9-8-20-15-18-6-3-7-19-15/h3-7,10H,2,8-9H2,1H3,(H,18,19,20)(H2,21,22,23). The number of amides is 2. The fourth-order valence-electron chi connectivity index (χ4n) is 1.89. The van der Waals surface area contributed by atoms with Crippen LogP contribution in [0.5, 0.6) is 5.75 Å². The Kier molecular flexibility index (Phi) is 6.35. The number of urea groups is 1. The Bertz CT molecular complexity index is 714. The fourth-order valence-corrected chi connectivity index (χ4v) is 1.89. The Morgan fingerprint density at radius 2 is 2.08 bits per heavy atom. The van der Waals surface area contributed by atoms with Gasteiger partial charge in [-0.05, 0) is 31.2 Å². The van der Waals surface area contributed by atoms with Crippen molar-refractivity contribution < 1.29 is 9.53 Å². The summed E-state index contributed by atoms with van der Waals surface area (Å²) in [6.07, 6.45) is 3.26. The maximum Gasteiger partial charge on any atom is 0.319 e. The van der Waals surface area contributed by atoms with Crippen LogP contribution < -0.4 is 20.7 Å². The maximum atomic E-state index is 12.0. The fraction of sp³-hybridized carbons (Fsp3) is 0.250. The molecule has 0 atom stereocenters. The van der Waals surface area contributed by atoms with Gasteiger partial charge in [0.05, 0.1) is 23.9 Å². The van der Waals surface area contributed by atoms with Gasteiger partial charge in [-0.1, -0.05) is 0 Å². The van der Waals surface area contributed by atoms with Crippen LogP contribution in [0.4, 0.5) is 16.4 Å². The molecular formula is C16H18N6O2. The van der Waals surface area contributed by atoms with Crippen LogP contribution >= 0.6 is 0 Å². The largest absolute Gasteiger partial charge is 0.492 e. The molecule has 0 saturated heterocycles. The number of carbonyl (C=O) groups excluding carboxylic acids is 1. The monoisotopic (exact) mass is 326 g/mol. The summed E-state index contributed by atoms with van der Waals surface area (Å²) in [4.78, 5) is 20.0. The minimum atomic E-state index is -0.387. The van der Waals surface area contributed by atoms with Crippen LogP contribution in [-0.4, -0.2) is 35.7 Å². The number of benzene rings is 1. The number of carbonyl (C=O) groups is 1. The van der Waals surface area contributed by atoms with Crippen molar-refractivity contribution in [2.75, 3.05) is 30.3 Å². The van der Waals surface area contributed by atoms with Crippen molar-refractivity contribution in [1.29, 1.82) is 5.26 Å². The summed E-state index contributed by atoms with van der Waals surface area (Å²) >= 11 is 0. The Morgan fingerprint density at radius 1 is 1.29 bits per heavy atom. The minimum Gasteiger partial charge on any atom is -0.492 e. The first-order valence-electron chi connectivity index (χ1n) is 7.45. The maximum absolute atomic E-state index is 12.0. The van der Waals surface area contributed by atoms with Crippen LogP contribution in [-0.2, 0) is 0 Å². The number of anilines is 2. The molecule has 1 aromatic carbocycles. The molecule has 0 aliphatic heterocycles. The van der Waals surface area contributed by atoms with Gasteiger partial charge in [-0.25, -0.2) is 14.8 Å². The van der Waals surface area contributed by atoms with E-state index in [0.717, 1.165) is 0 Å². The van der Waals surface area contributed by atoms with E-state index in [1.54, 1.807) is 36.7 Å². The average Bonchev–Trinajstić information content (AvgIpc) is 2.61. The number of hydrogen-bond donors (Lipinski definition) is 3. The summed E-state index contributed by atoms with van der Waals surface area (Å²) in [7, 11) is 0. The van der Waals surface area contributed by atoms with Gasteiger partial charge < -0.3 is 20.7 Å². The van der Waals surface area contributed by atoms with E-state index in [9.17, 15) is 4.79 Å². The van der Waals surface area contributed by atoms with Gasteiger partial charge in [0.2, 0.25) is 5.95 Å². The van der Waals surface area contributed by atoms with E-state index in [1.807, 2.05) is 13.0 Å². The summed E-state index contributed by atoms with van der Waals surface area (Å²) in [6, 6.07) is 8.23. The van der Waals surface area contributed by atoms with Gasteiger partial charge in [0.1, 0.15) is 5.75 Å². The highest BCUT2D eigenvalue weighted by Gasteiger charge is 2.08. The normalized spacial score (nSPS) is 9.67. The van der Waals surface area contributed by atoms with Gasteiger partial charge in [0, 0.05) is 25.5 Å². The van der Waals surface area contributed by atoms with E-state index in [4.69, 9.17) is 10.00 Å². The Morgan fingerprint density at radius 3 is 2.79 bits per heavy atom. The second-order valence-corrected chi connectivity index (χ2v) is 4.64. The number of nitriles is 1. The molecule has 3 N–H and O–H groups in total. The number of hydrogen-bond acceptors (Lipinski definition) is 6. The second-order valence-electron chi connectivity index (χ2n) is 4.64. The average molecular weight is 326 g/mol. The highest BCUT2D eigenvalue weighted by atomic mass is 16.5. The summed E-state index contributed by atoms with van der Waals surface area (Å²) in [6.45, 7) is 3.17. The van der Waals surface area contributed by atoms with Crippen LogP contribution in [0.25, 0.3) is 0 Å². The van der Waals surface area contributed by atoms with Crippen molar-refractivity contribution in [3.8, 4) is 11.8 Å². The third-order valence-corrected chi connectivity index (χ3v) is 2.92. The number of rotatable bonds is 7. The lowest BCUT2D eigenvalue weighted by Gasteiger charge is -2.12. The molecule has 124 valence electrons. The van der Waals surface area contributed by atoms with E-state index >= 15 is 0 Å². The molecule has 8 nitrogen and oxygen atoms in total. The van der Waals surface area contributed by atoms with Gasteiger partial charge in [0.15, 0.2) is 0 Å². The molecule has 0 unspecified atom stereocenters. The smallest absolute Gasteiger partial charge is 0.319 e. The third-order valence-electron chi connectivity index (χ3n) is 2.92. The van der Waals surface area contributed by atoms with E-state index in [2.05, 4.69) is 25.9 Å². The van der Waals surface area contributed by atoms with Crippen molar-refractivity contribution in [3.63, 3.8) is 0 Å². The Hall–Kier alpha value is -3.34. The molecule has 0 aliphatic carbocycles. The number of aromatic nitrogens is 2. The Labute approximate surface area is 139 Å². The van der Waals surface area contributed by atoms with Crippen LogP contribution in [0, 0.1) is 11.3 Å². The van der Waals surface area contributed by atoms with Gasteiger partial charge in [-0.2, -0.15) is 5.26 Å². The molecule has 1 aromatic heterocycles. The highest BCUT2D eigenvalue weighted by molar-refractivity contribution is 5.91. The molecule has 1 heterocycles. The second kappa shape index (κ2) is 8.95. The van der Waals surface area contributed by atoms with E-state index in [0.29, 0.717) is 42.6 Å². The SMILES string of the molecule is CCOc1ccc(C#N)cc1NC(=O)NCCNc1ncccn1. The Balaban J connectivity index is 1.84. The molecule has 0 bridgehead atoms. The van der Waals surface area contributed by atoms with Gasteiger partial charge in [-0.3, -0.25) is 0 Å². The molecular weight excluding hydrogens is 308 g/mol. The first-order valence-corrected chi connectivity index (χ1v) is 7.45. The predicted molar refractivity (Wildman–Crippen MR) is 89.9 cm³/mol. The summed E-state index contributed by atoms with van der Waals surface area (Å²) in [5.41, 5.74) is 0.893. The molecule has 0 spiro atoms. The van der Waals surface area contributed by atoms with Gasteiger partial charge >= 0.3 is 6.03 Å². The van der Waals surface area contributed by atoms with E-state index in [-0.39, 0.29) is 6.03 Å². The molecule has 0 fully saturated rings. The summed E-state index contributed by atoms with van der Waals surface area (Å²) in [5, 5.41) is 17.3. The van der Waals surface area contributed by atoms with Gasteiger partial charge in [0.25, 0.3) is 0 Å². The first kappa shape index (κ1) is 17.0. The number of nitrogens with zero attached hydrogens (tertiary/aromatic N) is 3. The molecule has 0 saturated carbocycles. The van der Waals surface area contributed by atoms with Crippen molar-refractivity contribution in [3.05, 3.63) is 42.2 Å². The molecule has 0 aliphatic rings. The lowest BCUT2D eigenvalue weighted by molar-refractivity contribution is 0.252. The molecule has 24 heavy (non-hydrogen) atoms. The van der Waals surface area contributed by atoms with Crippen LogP contribution in [0.3, 0.4) is 0 Å². The zero-order valence-corrected chi connectivity index (χ0v) is 13.2. The molecule has 2 amide bonds. The molecule has 2 aromatic rings. The zero-order valence-electron chi connectivity index (χ0n) is 13.2. The van der Waals surface area contributed by atoms with Crippen molar-refractivity contribution in [1.82, 2.24) is 15.3 Å². The summed E-state index contributed by atoms with van der Waals surface area (Å²) in [5.74, 6) is 1.02. The van der Waals surface area contributed by atoms with Crippen LogP contribution in [0.2, 0.25) is 0 Å². The van der Waals surface area contributed by atoms with Crippen LogP contribution in [0.15, 0.2) is 36.7 Å². The minimum absolute atomic E-state index is 0.381. The van der Waals surface area contributed by atoms with Crippen LogP contribution in [0.1, 0.15) is 12.5 Å². The quantitative estimate of drug-likeness (QED) is 0.671. The van der Waals surface area contributed by atoms with Crippen molar-refractivity contribution >= 4 is 17.7 Å². The first-order chi connectivity index (χ1) is 11.7. The van der Waals surface area contributed by atoms with Crippen molar-refractivity contribution in [2.24, 2.45) is 0 Å². The van der Waals surface area contributed by atoms with E-state index < -0.39 is 0 Å². The molecule has 0 radical (unpaired) electrons. The highest BCUT2D eigenvalue weighted by Crippen LogP contribution is 2.25. The number of nitrogens with one attached hydrogen (secondary N) is 3. The number of ether oxygens (including phenoxy) is 1. The molecule has 2 rings (SSSR count). The third kappa shape index (κ3) is 5.14. The molecule has 8 heteroatoms. The lowest BCUT2D eigenvalue weighted by atomic mass is 10.2. The topological polar surface area (TPSA) is 112 Å².